The highest BCUT2D eigenvalue weighted by Gasteiger charge is 2.25. The second-order valence-electron chi connectivity index (χ2n) is 2.56. The van der Waals surface area contributed by atoms with Crippen molar-refractivity contribution in [3.05, 3.63) is 0 Å². The molecule has 1 heterocycles. The average Bonchev–Trinajstić information content (AvgIpc) is 2.03. The zero-order valence-electron chi connectivity index (χ0n) is 6.86. The molecule has 0 saturated carbocycles. The Bertz CT molecular complexity index is 158. The Hall–Kier alpha value is -0.650. The van der Waals surface area contributed by atoms with Gasteiger partial charge in [-0.25, -0.2) is 0 Å². The molecule has 1 fully saturated rings. The van der Waals surface area contributed by atoms with Gasteiger partial charge >= 0.3 is 5.97 Å². The largest absolute Gasteiger partial charge is 0.463 e. The van der Waals surface area contributed by atoms with Crippen LogP contribution in [-0.2, 0) is 19.0 Å². The van der Waals surface area contributed by atoms with E-state index < -0.39 is 12.2 Å². The summed E-state index contributed by atoms with van der Waals surface area (Å²) in [6, 6.07) is 0. The summed E-state index contributed by atoms with van der Waals surface area (Å²) >= 11 is 0. The molecule has 1 saturated heterocycles. The van der Waals surface area contributed by atoms with E-state index in [1.165, 1.54) is 6.92 Å². The summed E-state index contributed by atoms with van der Waals surface area (Å²) < 4.78 is 14.5. The molecule has 0 spiro atoms. The molecule has 1 rings (SSSR count). The monoisotopic (exact) mass is 176 g/mol. The summed E-state index contributed by atoms with van der Waals surface area (Å²) in [5, 5.41) is 9.24. The second kappa shape index (κ2) is 4.39. The topological polar surface area (TPSA) is 65.0 Å². The first-order valence-electron chi connectivity index (χ1n) is 3.71. The highest BCUT2D eigenvalue weighted by Crippen LogP contribution is 2.07. The van der Waals surface area contributed by atoms with Crippen LogP contribution in [-0.4, -0.2) is 43.3 Å². The maximum atomic E-state index is 10.4. The summed E-state index contributed by atoms with van der Waals surface area (Å²) in [5.41, 5.74) is 0. The third-order valence-corrected chi connectivity index (χ3v) is 1.53. The summed E-state index contributed by atoms with van der Waals surface area (Å²) in [5.74, 6) is -0.378. The minimum Gasteiger partial charge on any atom is -0.463 e. The lowest BCUT2D eigenvalue weighted by atomic mass is 10.2. The number of aliphatic hydroxyl groups is 1. The molecule has 0 amide bonds. The van der Waals surface area contributed by atoms with Gasteiger partial charge < -0.3 is 19.3 Å². The zero-order valence-corrected chi connectivity index (χ0v) is 6.86. The normalized spacial score (nSPS) is 29.8. The number of esters is 1. The van der Waals surface area contributed by atoms with E-state index >= 15 is 0 Å². The van der Waals surface area contributed by atoms with Crippen molar-refractivity contribution in [2.45, 2.75) is 19.1 Å². The molecule has 5 heteroatoms. The van der Waals surface area contributed by atoms with Crippen molar-refractivity contribution in [1.29, 1.82) is 0 Å². The van der Waals surface area contributed by atoms with E-state index in [0.29, 0.717) is 0 Å². The Morgan fingerprint density at radius 3 is 3.08 bits per heavy atom. The first kappa shape index (κ1) is 9.44. The van der Waals surface area contributed by atoms with E-state index in [1.807, 2.05) is 0 Å². The molecule has 2 atom stereocenters. The molecule has 0 bridgehead atoms. The molecule has 0 radical (unpaired) electrons. The molecular formula is C7H12O5. The predicted octanol–water partition coefficient (Wildman–Crippen LogP) is -0.717. The number of carbonyl (C=O) groups is 1. The number of carbonyl (C=O) groups excluding carboxylic acids is 1. The van der Waals surface area contributed by atoms with Crippen molar-refractivity contribution in [2.24, 2.45) is 0 Å². The van der Waals surface area contributed by atoms with Gasteiger partial charge in [0.1, 0.15) is 25.6 Å². The van der Waals surface area contributed by atoms with Crippen molar-refractivity contribution >= 4 is 5.97 Å². The fraction of sp³-hybridized carbons (Fsp3) is 0.857. The van der Waals surface area contributed by atoms with Gasteiger partial charge in [0, 0.05) is 6.92 Å². The van der Waals surface area contributed by atoms with Gasteiger partial charge in [-0.05, 0) is 0 Å². The third kappa shape index (κ3) is 2.77. The molecule has 12 heavy (non-hydrogen) atoms. The van der Waals surface area contributed by atoms with E-state index in [9.17, 15) is 9.90 Å². The van der Waals surface area contributed by atoms with Crippen molar-refractivity contribution in [3.63, 3.8) is 0 Å². The third-order valence-electron chi connectivity index (χ3n) is 1.53. The van der Waals surface area contributed by atoms with Gasteiger partial charge in [-0.1, -0.05) is 0 Å². The molecular weight excluding hydrogens is 164 g/mol. The molecule has 0 aromatic heterocycles. The van der Waals surface area contributed by atoms with Crippen molar-refractivity contribution in [2.75, 3.05) is 20.0 Å². The fourth-order valence-corrected chi connectivity index (χ4v) is 0.881. The van der Waals surface area contributed by atoms with Crippen LogP contribution in [0, 0.1) is 0 Å². The summed E-state index contributed by atoms with van der Waals surface area (Å²) in [6.07, 6.45) is -1.17. The van der Waals surface area contributed by atoms with Crippen molar-refractivity contribution < 1.29 is 24.1 Å². The first-order valence-corrected chi connectivity index (χ1v) is 3.71. The standard InChI is InChI=1S/C7H12O5/c1-5(8)11-3-7-6(9)2-10-4-12-7/h6-7,9H,2-4H2,1H3/t6-,7-/m0/s1. The van der Waals surface area contributed by atoms with Crippen LogP contribution in [0.4, 0.5) is 0 Å². The number of ether oxygens (including phenoxy) is 3. The molecule has 70 valence electrons. The zero-order chi connectivity index (χ0) is 8.97. The molecule has 1 aliphatic heterocycles. The van der Waals surface area contributed by atoms with Gasteiger partial charge in [0.15, 0.2) is 0 Å². The SMILES string of the molecule is CC(=O)OC[C@@H]1OCOC[C@@H]1O. The maximum absolute atomic E-state index is 10.4. The van der Waals surface area contributed by atoms with Gasteiger partial charge in [0.25, 0.3) is 0 Å². The van der Waals surface area contributed by atoms with Crippen LogP contribution in [0.25, 0.3) is 0 Å². The van der Waals surface area contributed by atoms with E-state index in [2.05, 4.69) is 4.74 Å². The smallest absolute Gasteiger partial charge is 0.302 e. The molecule has 0 unspecified atom stereocenters. The van der Waals surface area contributed by atoms with Gasteiger partial charge in [-0.2, -0.15) is 0 Å². The van der Waals surface area contributed by atoms with Crippen LogP contribution in [0.1, 0.15) is 6.92 Å². The van der Waals surface area contributed by atoms with Crippen LogP contribution in [0.5, 0.6) is 0 Å². The van der Waals surface area contributed by atoms with Crippen molar-refractivity contribution in [3.8, 4) is 0 Å². The molecule has 5 nitrogen and oxygen atoms in total. The van der Waals surface area contributed by atoms with Gasteiger partial charge in [0.2, 0.25) is 0 Å². The lowest BCUT2D eigenvalue weighted by Crippen LogP contribution is -2.42. The van der Waals surface area contributed by atoms with Crippen LogP contribution in [0.2, 0.25) is 0 Å². The Morgan fingerprint density at radius 1 is 1.75 bits per heavy atom. The molecule has 1 aliphatic rings. The van der Waals surface area contributed by atoms with Gasteiger partial charge in [0.05, 0.1) is 6.61 Å². The van der Waals surface area contributed by atoms with E-state index in [1.54, 1.807) is 0 Å². The van der Waals surface area contributed by atoms with E-state index in [4.69, 9.17) is 9.47 Å². The summed E-state index contributed by atoms with van der Waals surface area (Å²) in [7, 11) is 0. The van der Waals surface area contributed by atoms with Crippen molar-refractivity contribution in [1.82, 2.24) is 0 Å². The number of aliphatic hydroxyl groups excluding tert-OH is 1. The molecule has 0 aromatic rings. The molecule has 0 aromatic carbocycles. The Labute approximate surface area is 70.2 Å². The first-order chi connectivity index (χ1) is 5.70. The average molecular weight is 176 g/mol. The van der Waals surface area contributed by atoms with Crippen LogP contribution in [0.3, 0.4) is 0 Å². The van der Waals surface area contributed by atoms with Crippen LogP contribution in [0.15, 0.2) is 0 Å². The van der Waals surface area contributed by atoms with Crippen LogP contribution >= 0.6 is 0 Å². The Balaban J connectivity index is 2.24. The number of hydrogen-bond donors (Lipinski definition) is 1. The summed E-state index contributed by atoms with van der Waals surface area (Å²) in [4.78, 5) is 10.4. The lowest BCUT2D eigenvalue weighted by Gasteiger charge is -2.27. The minimum absolute atomic E-state index is 0.0832. The highest BCUT2D eigenvalue weighted by atomic mass is 16.7. The molecule has 1 N–H and O–H groups in total. The van der Waals surface area contributed by atoms with E-state index in [-0.39, 0.29) is 26.0 Å². The van der Waals surface area contributed by atoms with Gasteiger partial charge in [-0.15, -0.1) is 0 Å². The van der Waals surface area contributed by atoms with Gasteiger partial charge in [-0.3, -0.25) is 4.79 Å². The maximum Gasteiger partial charge on any atom is 0.302 e. The minimum atomic E-state index is -0.710. The lowest BCUT2D eigenvalue weighted by molar-refractivity contribution is -0.207. The Morgan fingerprint density at radius 2 is 2.50 bits per heavy atom. The quantitative estimate of drug-likeness (QED) is 0.563. The number of rotatable bonds is 2. The molecule has 0 aliphatic carbocycles. The predicted molar refractivity (Wildman–Crippen MR) is 38.3 cm³/mol. The Kier molecular flexibility index (Phi) is 3.46. The van der Waals surface area contributed by atoms with Crippen LogP contribution < -0.4 is 0 Å². The number of hydrogen-bond acceptors (Lipinski definition) is 5. The van der Waals surface area contributed by atoms with E-state index in [0.717, 1.165) is 0 Å². The highest BCUT2D eigenvalue weighted by molar-refractivity contribution is 5.65. The summed E-state index contributed by atoms with van der Waals surface area (Å²) in [6.45, 7) is 1.76. The fourth-order valence-electron chi connectivity index (χ4n) is 0.881. The second-order valence-corrected chi connectivity index (χ2v) is 2.56.